The number of aromatic nitrogens is 2. The van der Waals surface area contributed by atoms with Crippen molar-refractivity contribution in [3.63, 3.8) is 0 Å². The first kappa shape index (κ1) is 18.7. The van der Waals surface area contributed by atoms with Gasteiger partial charge in [-0.15, -0.1) is 0 Å². The number of fused-ring (bicyclic) bond motifs is 1. The van der Waals surface area contributed by atoms with Gasteiger partial charge in [0.2, 0.25) is 11.7 Å². The summed E-state index contributed by atoms with van der Waals surface area (Å²) in [6.45, 7) is 3.34. The quantitative estimate of drug-likeness (QED) is 0.381. The number of Topliss-reactive ketones (excluding diaryl/α,β-unsaturated/α-hetero) is 1. The molecule has 0 aliphatic carbocycles. The third-order valence-electron chi connectivity index (χ3n) is 4.83. The molecule has 146 valence electrons. The predicted molar refractivity (Wildman–Crippen MR) is 109 cm³/mol. The Bertz CT molecular complexity index is 1190. The molecule has 0 amide bonds. The number of carbonyl (C=O) groups excluding carboxylic acids is 2. The number of aromatic amines is 1. The topological polar surface area (TPSA) is 85.2 Å². The van der Waals surface area contributed by atoms with Gasteiger partial charge in [0, 0.05) is 28.2 Å². The molecule has 29 heavy (non-hydrogen) atoms. The van der Waals surface area contributed by atoms with Crippen molar-refractivity contribution in [1.82, 2.24) is 9.97 Å². The van der Waals surface area contributed by atoms with Gasteiger partial charge in [-0.05, 0) is 31.0 Å². The van der Waals surface area contributed by atoms with Gasteiger partial charge >= 0.3 is 5.97 Å². The van der Waals surface area contributed by atoms with Crippen LogP contribution in [-0.4, -0.2) is 28.3 Å². The smallest absolute Gasteiger partial charge is 0.361 e. The zero-order valence-corrected chi connectivity index (χ0v) is 16.2. The molecule has 0 saturated carbocycles. The monoisotopic (exact) mass is 388 g/mol. The Morgan fingerprint density at radius 3 is 2.66 bits per heavy atom. The minimum atomic E-state index is -0.684. The van der Waals surface area contributed by atoms with E-state index in [4.69, 9.17) is 9.15 Å². The number of hydrogen-bond donors (Lipinski definition) is 1. The number of aryl methyl sites for hydroxylation is 2. The standard InChI is InChI=1S/C23H20N2O4/c1-3-15-10-7-11-17-18(12-24-21(15)17)19(26)13-28-23(27)20-14(2)29-22(25-20)16-8-5-4-6-9-16/h4-12,24H,3,13H2,1-2H3. The molecule has 2 aromatic carbocycles. The lowest BCUT2D eigenvalue weighted by molar-refractivity contribution is 0.0468. The van der Waals surface area contributed by atoms with Gasteiger partial charge in [-0.2, -0.15) is 0 Å². The van der Waals surface area contributed by atoms with Crippen molar-refractivity contribution in [2.45, 2.75) is 20.3 Å². The Labute approximate surface area is 167 Å². The highest BCUT2D eigenvalue weighted by Gasteiger charge is 2.21. The maximum atomic E-state index is 12.6. The number of nitrogens with one attached hydrogen (secondary N) is 1. The lowest BCUT2D eigenvalue weighted by Crippen LogP contribution is -2.15. The van der Waals surface area contributed by atoms with Crippen LogP contribution in [0.3, 0.4) is 0 Å². The van der Waals surface area contributed by atoms with Crippen molar-refractivity contribution >= 4 is 22.7 Å². The number of H-pyrrole nitrogens is 1. The van der Waals surface area contributed by atoms with Crippen molar-refractivity contribution < 1.29 is 18.7 Å². The number of carbonyl (C=O) groups is 2. The summed E-state index contributed by atoms with van der Waals surface area (Å²) in [4.78, 5) is 32.5. The van der Waals surface area contributed by atoms with E-state index >= 15 is 0 Å². The Kier molecular flexibility index (Phi) is 4.99. The van der Waals surface area contributed by atoms with Crippen molar-refractivity contribution in [3.05, 3.63) is 77.3 Å². The second kappa shape index (κ2) is 7.75. The molecule has 2 aromatic heterocycles. The predicted octanol–water partition coefficient (Wildman–Crippen LogP) is 4.73. The highest BCUT2D eigenvalue weighted by molar-refractivity contribution is 6.09. The first-order valence-electron chi connectivity index (χ1n) is 9.40. The summed E-state index contributed by atoms with van der Waals surface area (Å²) in [5, 5.41) is 0.828. The van der Waals surface area contributed by atoms with E-state index in [0.717, 1.165) is 28.5 Å². The van der Waals surface area contributed by atoms with Gasteiger partial charge in [0.05, 0.1) is 0 Å². The molecule has 6 heteroatoms. The zero-order valence-electron chi connectivity index (χ0n) is 16.2. The van der Waals surface area contributed by atoms with E-state index in [1.807, 2.05) is 48.5 Å². The van der Waals surface area contributed by atoms with Crippen LogP contribution in [0.15, 0.2) is 59.1 Å². The Balaban J connectivity index is 1.49. The number of ketones is 1. The third-order valence-corrected chi connectivity index (χ3v) is 4.83. The van der Waals surface area contributed by atoms with E-state index in [-0.39, 0.29) is 18.1 Å². The number of rotatable bonds is 6. The lowest BCUT2D eigenvalue weighted by atomic mass is 10.1. The number of ether oxygens (including phenoxy) is 1. The summed E-state index contributed by atoms with van der Waals surface area (Å²) in [5.74, 6) is -0.274. The molecular formula is C23H20N2O4. The first-order chi connectivity index (χ1) is 14.1. The molecule has 0 aliphatic heterocycles. The molecule has 4 aromatic rings. The Hall–Kier alpha value is -3.67. The maximum Gasteiger partial charge on any atom is 0.361 e. The van der Waals surface area contributed by atoms with Crippen molar-refractivity contribution in [1.29, 1.82) is 0 Å². The van der Waals surface area contributed by atoms with Crippen LogP contribution in [0.25, 0.3) is 22.4 Å². The van der Waals surface area contributed by atoms with Crippen LogP contribution in [0.5, 0.6) is 0 Å². The van der Waals surface area contributed by atoms with Crippen LogP contribution in [-0.2, 0) is 11.2 Å². The van der Waals surface area contributed by atoms with Gasteiger partial charge < -0.3 is 14.1 Å². The SMILES string of the molecule is CCc1cccc2c(C(=O)COC(=O)c3nc(-c4ccccc4)oc3C)c[nH]c12. The molecule has 0 radical (unpaired) electrons. The molecule has 2 heterocycles. The summed E-state index contributed by atoms with van der Waals surface area (Å²) in [5.41, 5.74) is 3.40. The normalized spacial score (nSPS) is 11.0. The zero-order chi connectivity index (χ0) is 20.4. The molecule has 0 saturated heterocycles. The fourth-order valence-electron chi connectivity index (χ4n) is 3.31. The minimum absolute atomic E-state index is 0.0730. The van der Waals surface area contributed by atoms with E-state index in [2.05, 4.69) is 16.9 Å². The fourth-order valence-corrected chi connectivity index (χ4v) is 3.31. The fraction of sp³-hybridized carbons (Fsp3) is 0.174. The average Bonchev–Trinajstić information content (AvgIpc) is 3.36. The van der Waals surface area contributed by atoms with Crippen LogP contribution in [0.2, 0.25) is 0 Å². The highest BCUT2D eigenvalue weighted by atomic mass is 16.5. The number of benzene rings is 2. The average molecular weight is 388 g/mol. The van der Waals surface area contributed by atoms with Crippen LogP contribution in [0.1, 0.15) is 39.1 Å². The molecule has 0 bridgehead atoms. The van der Waals surface area contributed by atoms with Gasteiger partial charge in [0.15, 0.2) is 12.3 Å². The Morgan fingerprint density at radius 1 is 1.10 bits per heavy atom. The number of esters is 1. The van der Waals surface area contributed by atoms with Gasteiger partial charge in [-0.1, -0.05) is 43.3 Å². The van der Waals surface area contributed by atoms with Gasteiger partial charge in [0.1, 0.15) is 5.76 Å². The summed E-state index contributed by atoms with van der Waals surface area (Å²) >= 11 is 0. The molecule has 0 unspecified atom stereocenters. The van der Waals surface area contributed by atoms with Gasteiger partial charge in [-0.3, -0.25) is 4.79 Å². The summed E-state index contributed by atoms with van der Waals surface area (Å²) in [6, 6.07) is 15.1. The number of para-hydroxylation sites is 1. The molecule has 6 nitrogen and oxygen atoms in total. The van der Waals surface area contributed by atoms with Crippen LogP contribution >= 0.6 is 0 Å². The molecule has 4 rings (SSSR count). The van der Waals surface area contributed by atoms with E-state index in [1.54, 1.807) is 13.1 Å². The van der Waals surface area contributed by atoms with Crippen LogP contribution in [0, 0.1) is 6.92 Å². The third kappa shape index (κ3) is 3.57. The summed E-state index contributed by atoms with van der Waals surface area (Å²) in [7, 11) is 0. The van der Waals surface area contributed by atoms with Crippen molar-refractivity contribution in [3.8, 4) is 11.5 Å². The van der Waals surface area contributed by atoms with E-state index in [9.17, 15) is 9.59 Å². The summed E-state index contributed by atoms with van der Waals surface area (Å²) in [6.07, 6.45) is 2.52. The van der Waals surface area contributed by atoms with E-state index in [1.165, 1.54) is 0 Å². The van der Waals surface area contributed by atoms with E-state index < -0.39 is 5.97 Å². The van der Waals surface area contributed by atoms with Gasteiger partial charge in [-0.25, -0.2) is 9.78 Å². The molecular weight excluding hydrogens is 368 g/mol. The number of nitrogens with zero attached hydrogens (tertiary/aromatic N) is 1. The van der Waals surface area contributed by atoms with Crippen molar-refractivity contribution in [2.75, 3.05) is 6.61 Å². The maximum absolute atomic E-state index is 12.6. The van der Waals surface area contributed by atoms with Crippen LogP contribution < -0.4 is 0 Å². The highest BCUT2D eigenvalue weighted by Crippen LogP contribution is 2.24. The molecule has 0 fully saturated rings. The number of oxazole rings is 1. The van der Waals surface area contributed by atoms with Crippen LogP contribution in [0.4, 0.5) is 0 Å². The second-order valence-corrected chi connectivity index (χ2v) is 6.68. The number of hydrogen-bond acceptors (Lipinski definition) is 5. The van der Waals surface area contributed by atoms with E-state index in [0.29, 0.717) is 17.2 Å². The van der Waals surface area contributed by atoms with Crippen molar-refractivity contribution in [2.24, 2.45) is 0 Å². The molecule has 0 atom stereocenters. The second-order valence-electron chi connectivity index (χ2n) is 6.68. The molecule has 0 spiro atoms. The minimum Gasteiger partial charge on any atom is -0.452 e. The largest absolute Gasteiger partial charge is 0.452 e. The van der Waals surface area contributed by atoms with Gasteiger partial charge in [0.25, 0.3) is 0 Å². The Morgan fingerprint density at radius 2 is 1.90 bits per heavy atom. The molecule has 1 N–H and O–H groups in total. The lowest BCUT2D eigenvalue weighted by Gasteiger charge is -2.03. The summed E-state index contributed by atoms with van der Waals surface area (Å²) < 4.78 is 10.8. The first-order valence-corrected chi connectivity index (χ1v) is 9.40. The molecule has 0 aliphatic rings.